The van der Waals surface area contributed by atoms with Gasteiger partial charge in [0.05, 0.1) is 32.8 Å². The molecule has 1 atom stereocenters. The molecule has 1 saturated heterocycles. The summed E-state index contributed by atoms with van der Waals surface area (Å²) in [6.45, 7) is 6.77. The third kappa shape index (κ3) is 4.27. The van der Waals surface area contributed by atoms with Gasteiger partial charge in [-0.1, -0.05) is 6.92 Å². The van der Waals surface area contributed by atoms with Gasteiger partial charge in [-0.25, -0.2) is 9.97 Å². The van der Waals surface area contributed by atoms with E-state index >= 15 is 0 Å². The van der Waals surface area contributed by atoms with Crippen molar-refractivity contribution in [2.24, 2.45) is 5.92 Å². The summed E-state index contributed by atoms with van der Waals surface area (Å²) >= 11 is 1.85. The van der Waals surface area contributed by atoms with Gasteiger partial charge in [-0.05, 0) is 42.9 Å². The number of nitrogens with one attached hydrogen (secondary N) is 2. The second-order valence-corrected chi connectivity index (χ2v) is 9.84. The number of hydrogen-bond acceptors (Lipinski definition) is 7. The van der Waals surface area contributed by atoms with Gasteiger partial charge in [-0.15, -0.1) is 11.3 Å². The number of methoxy groups -OCH3 is 2. The predicted octanol–water partition coefficient (Wildman–Crippen LogP) is 2.99. The van der Waals surface area contributed by atoms with Crippen LogP contribution in [0, 0.1) is 5.92 Å². The first-order chi connectivity index (χ1) is 15.6. The molecular formula is C24H31N4O3S+. The molecule has 0 amide bonds. The summed E-state index contributed by atoms with van der Waals surface area (Å²) in [7, 11) is 3.31. The topological polar surface area (TPSA) is 69.9 Å². The summed E-state index contributed by atoms with van der Waals surface area (Å²) in [5, 5.41) is 4.77. The summed E-state index contributed by atoms with van der Waals surface area (Å²) in [6.07, 6.45) is 3.44. The number of rotatable bonds is 6. The molecule has 0 radical (unpaired) electrons. The quantitative estimate of drug-likeness (QED) is 0.596. The van der Waals surface area contributed by atoms with Crippen LogP contribution in [-0.2, 0) is 24.1 Å². The minimum atomic E-state index is 0.696. The number of ether oxygens (including phenoxy) is 3. The Labute approximate surface area is 192 Å². The number of aryl methyl sites for hydroxylation is 1. The average molecular weight is 456 g/mol. The van der Waals surface area contributed by atoms with E-state index in [2.05, 4.69) is 12.2 Å². The maximum Gasteiger partial charge on any atom is 0.187 e. The molecule has 1 aliphatic carbocycles. The number of aromatic nitrogens is 2. The first-order valence-electron chi connectivity index (χ1n) is 11.4. The maximum atomic E-state index is 5.52. The van der Waals surface area contributed by atoms with Crippen molar-refractivity contribution >= 4 is 33.1 Å². The van der Waals surface area contributed by atoms with Crippen molar-refractivity contribution in [3.05, 3.63) is 34.5 Å². The van der Waals surface area contributed by atoms with Crippen LogP contribution in [0.4, 0.5) is 11.5 Å². The third-order valence-electron chi connectivity index (χ3n) is 6.46. The first kappa shape index (κ1) is 21.4. The van der Waals surface area contributed by atoms with Gasteiger partial charge in [-0.2, -0.15) is 0 Å². The summed E-state index contributed by atoms with van der Waals surface area (Å²) in [5.41, 5.74) is 2.35. The van der Waals surface area contributed by atoms with Crippen LogP contribution >= 0.6 is 11.3 Å². The van der Waals surface area contributed by atoms with Gasteiger partial charge in [0.1, 0.15) is 30.3 Å². The molecule has 2 aliphatic rings. The van der Waals surface area contributed by atoms with Crippen LogP contribution in [0.5, 0.6) is 11.5 Å². The number of quaternary nitrogens is 1. The molecule has 1 aromatic carbocycles. The van der Waals surface area contributed by atoms with Crippen molar-refractivity contribution in [3.63, 3.8) is 0 Å². The van der Waals surface area contributed by atoms with E-state index in [9.17, 15) is 0 Å². The zero-order chi connectivity index (χ0) is 22.1. The normalized spacial score (nSPS) is 19.0. The molecule has 5 rings (SSSR count). The number of benzene rings is 1. The zero-order valence-electron chi connectivity index (χ0n) is 19.0. The van der Waals surface area contributed by atoms with Gasteiger partial charge in [0, 0.05) is 16.6 Å². The van der Waals surface area contributed by atoms with E-state index in [1.165, 1.54) is 27.1 Å². The molecule has 1 fully saturated rings. The first-order valence-corrected chi connectivity index (χ1v) is 12.2. The van der Waals surface area contributed by atoms with E-state index in [-0.39, 0.29) is 0 Å². The maximum absolute atomic E-state index is 5.52. The lowest BCUT2D eigenvalue weighted by Crippen LogP contribution is -3.12. The molecule has 1 aliphatic heterocycles. The van der Waals surface area contributed by atoms with E-state index in [4.69, 9.17) is 24.2 Å². The Morgan fingerprint density at radius 1 is 1.16 bits per heavy atom. The molecule has 2 aromatic heterocycles. The van der Waals surface area contributed by atoms with Crippen molar-refractivity contribution in [1.29, 1.82) is 0 Å². The van der Waals surface area contributed by atoms with Crippen molar-refractivity contribution in [2.75, 3.05) is 45.8 Å². The van der Waals surface area contributed by atoms with E-state index in [0.29, 0.717) is 11.5 Å². The number of fused-ring (bicyclic) bond motifs is 3. The van der Waals surface area contributed by atoms with Crippen LogP contribution in [0.3, 0.4) is 0 Å². The largest absolute Gasteiger partial charge is 0.493 e. The van der Waals surface area contributed by atoms with Gasteiger partial charge >= 0.3 is 0 Å². The molecule has 32 heavy (non-hydrogen) atoms. The Morgan fingerprint density at radius 2 is 1.97 bits per heavy atom. The van der Waals surface area contributed by atoms with Gasteiger partial charge in [-0.3, -0.25) is 0 Å². The van der Waals surface area contributed by atoms with E-state index in [1.54, 1.807) is 14.2 Å². The predicted molar refractivity (Wildman–Crippen MR) is 127 cm³/mol. The second-order valence-electron chi connectivity index (χ2n) is 8.75. The van der Waals surface area contributed by atoms with Crippen molar-refractivity contribution in [1.82, 2.24) is 9.97 Å². The summed E-state index contributed by atoms with van der Waals surface area (Å²) in [5.74, 6) is 3.93. The molecule has 2 N–H and O–H groups in total. The van der Waals surface area contributed by atoms with Crippen LogP contribution < -0.4 is 19.7 Å². The molecule has 0 unspecified atom stereocenters. The van der Waals surface area contributed by atoms with Gasteiger partial charge in [0.2, 0.25) is 0 Å². The lowest BCUT2D eigenvalue weighted by atomic mass is 9.89. The highest BCUT2D eigenvalue weighted by Crippen LogP contribution is 2.41. The average Bonchev–Trinajstić information content (AvgIpc) is 3.17. The van der Waals surface area contributed by atoms with Gasteiger partial charge < -0.3 is 24.4 Å². The highest BCUT2D eigenvalue weighted by atomic mass is 32.1. The van der Waals surface area contributed by atoms with Crippen LogP contribution in [0.2, 0.25) is 0 Å². The minimum absolute atomic E-state index is 0.696. The molecule has 8 heteroatoms. The van der Waals surface area contributed by atoms with E-state index in [1.807, 2.05) is 29.5 Å². The number of nitrogens with zero attached hydrogens (tertiary/aromatic N) is 2. The van der Waals surface area contributed by atoms with E-state index < -0.39 is 0 Å². The fourth-order valence-corrected chi connectivity index (χ4v) is 6.07. The SMILES string of the molecule is COc1ccc(Nc2nc(C[NH+]3CCOCC3)nc3sc4c(c23)CC[C@H](C)C4)cc1OC. The van der Waals surface area contributed by atoms with Crippen LogP contribution in [-0.4, -0.2) is 50.5 Å². The minimum Gasteiger partial charge on any atom is -0.493 e. The molecule has 170 valence electrons. The Hall–Kier alpha value is -2.42. The lowest BCUT2D eigenvalue weighted by molar-refractivity contribution is -0.922. The second kappa shape index (κ2) is 9.21. The van der Waals surface area contributed by atoms with Crippen LogP contribution in [0.1, 0.15) is 29.6 Å². The number of thiophene rings is 1. The smallest absolute Gasteiger partial charge is 0.187 e. The van der Waals surface area contributed by atoms with Crippen LogP contribution in [0.25, 0.3) is 10.2 Å². The molecule has 3 aromatic rings. The lowest BCUT2D eigenvalue weighted by Gasteiger charge is -2.23. The Morgan fingerprint density at radius 3 is 2.75 bits per heavy atom. The Balaban J connectivity index is 1.55. The van der Waals surface area contributed by atoms with Crippen molar-refractivity contribution in [2.45, 2.75) is 32.7 Å². The van der Waals surface area contributed by atoms with Gasteiger partial charge in [0.25, 0.3) is 0 Å². The van der Waals surface area contributed by atoms with E-state index in [0.717, 1.165) is 73.8 Å². The zero-order valence-corrected chi connectivity index (χ0v) is 19.8. The Bertz CT molecular complexity index is 1110. The molecule has 7 nitrogen and oxygen atoms in total. The molecule has 0 spiro atoms. The van der Waals surface area contributed by atoms with Crippen molar-refractivity contribution < 1.29 is 19.1 Å². The highest BCUT2D eigenvalue weighted by molar-refractivity contribution is 7.19. The van der Waals surface area contributed by atoms with Crippen LogP contribution in [0.15, 0.2) is 18.2 Å². The Kier molecular flexibility index (Phi) is 6.17. The van der Waals surface area contributed by atoms with Crippen molar-refractivity contribution in [3.8, 4) is 11.5 Å². The fourth-order valence-electron chi connectivity index (χ4n) is 4.67. The summed E-state index contributed by atoms with van der Waals surface area (Å²) in [6, 6.07) is 5.88. The molecule has 3 heterocycles. The third-order valence-corrected chi connectivity index (χ3v) is 7.60. The molecular weight excluding hydrogens is 424 g/mol. The standard InChI is InChI=1S/C24H30N4O3S/c1-15-4-6-17-20(12-15)32-24-22(17)23(25-16-5-7-18(29-2)19(13-16)30-3)26-21(27-24)14-28-8-10-31-11-9-28/h5,7,13,15H,4,6,8-12,14H2,1-3H3,(H,25,26,27)/p+1/t15-/m0/s1. The fraction of sp³-hybridized carbons (Fsp3) is 0.500. The highest BCUT2D eigenvalue weighted by Gasteiger charge is 2.25. The molecule has 0 saturated carbocycles. The molecule has 0 bridgehead atoms. The summed E-state index contributed by atoms with van der Waals surface area (Å²) < 4.78 is 16.4. The number of anilines is 2. The number of hydrogen-bond donors (Lipinski definition) is 2. The summed E-state index contributed by atoms with van der Waals surface area (Å²) in [4.78, 5) is 14.1. The monoisotopic (exact) mass is 455 g/mol. The van der Waals surface area contributed by atoms with Gasteiger partial charge in [0.15, 0.2) is 17.3 Å². The number of morpholine rings is 1.